The van der Waals surface area contributed by atoms with Gasteiger partial charge in [-0.15, -0.1) is 0 Å². The van der Waals surface area contributed by atoms with Crippen LogP contribution in [0.2, 0.25) is 5.02 Å². The zero-order chi connectivity index (χ0) is 16.2. The predicted molar refractivity (Wildman–Crippen MR) is 90.1 cm³/mol. The number of rotatable bonds is 8. The zero-order valence-corrected chi connectivity index (χ0v) is 13.9. The highest BCUT2D eigenvalue weighted by molar-refractivity contribution is 6.30. The first-order valence-corrected chi connectivity index (χ1v) is 7.79. The van der Waals surface area contributed by atoms with Gasteiger partial charge < -0.3 is 15.4 Å². The first-order chi connectivity index (χ1) is 10.7. The van der Waals surface area contributed by atoms with E-state index in [0.717, 1.165) is 42.4 Å². The lowest BCUT2D eigenvalue weighted by molar-refractivity contribution is -0.140. The molecule has 0 saturated heterocycles. The highest BCUT2D eigenvalue weighted by Crippen LogP contribution is 2.09. The van der Waals surface area contributed by atoms with E-state index in [-0.39, 0.29) is 5.97 Å². The lowest BCUT2D eigenvalue weighted by atomic mass is 10.2. The Morgan fingerprint density at radius 3 is 2.55 bits per heavy atom. The average molecular weight is 326 g/mol. The van der Waals surface area contributed by atoms with E-state index >= 15 is 0 Å². The molecule has 0 aliphatic rings. The fraction of sp³-hybridized carbons (Fsp3) is 0.500. The Labute approximate surface area is 137 Å². The molecule has 2 N–H and O–H groups in total. The van der Waals surface area contributed by atoms with E-state index in [4.69, 9.17) is 11.6 Å². The number of aliphatic imine (C=N–C) groups is 1. The number of methoxy groups -OCH3 is 1. The molecule has 1 aromatic rings. The lowest BCUT2D eigenvalue weighted by Gasteiger charge is -2.12. The summed E-state index contributed by atoms with van der Waals surface area (Å²) < 4.78 is 4.60. The molecule has 0 bridgehead atoms. The fourth-order valence-corrected chi connectivity index (χ4v) is 2.01. The van der Waals surface area contributed by atoms with E-state index < -0.39 is 0 Å². The van der Waals surface area contributed by atoms with Gasteiger partial charge in [-0.2, -0.15) is 0 Å². The van der Waals surface area contributed by atoms with Gasteiger partial charge in [-0.25, -0.2) is 0 Å². The molecule has 5 nitrogen and oxygen atoms in total. The molecular weight excluding hydrogens is 302 g/mol. The van der Waals surface area contributed by atoms with Crippen molar-refractivity contribution in [3.8, 4) is 0 Å². The van der Waals surface area contributed by atoms with Crippen LogP contribution in [0.1, 0.15) is 31.2 Å². The van der Waals surface area contributed by atoms with Crippen molar-refractivity contribution >= 4 is 23.5 Å². The Bertz CT molecular complexity index is 475. The third kappa shape index (κ3) is 7.88. The number of hydrogen-bond acceptors (Lipinski definition) is 3. The fourth-order valence-electron chi connectivity index (χ4n) is 1.89. The Morgan fingerprint density at radius 2 is 1.91 bits per heavy atom. The molecule has 122 valence electrons. The van der Waals surface area contributed by atoms with E-state index in [2.05, 4.69) is 20.4 Å². The number of carbonyl (C=O) groups excluding carboxylic acids is 1. The minimum absolute atomic E-state index is 0.145. The van der Waals surface area contributed by atoms with Crippen LogP contribution in [0.3, 0.4) is 0 Å². The molecule has 0 unspecified atom stereocenters. The summed E-state index contributed by atoms with van der Waals surface area (Å²) in [5, 5.41) is 7.23. The van der Waals surface area contributed by atoms with Gasteiger partial charge in [0.2, 0.25) is 0 Å². The van der Waals surface area contributed by atoms with Gasteiger partial charge in [0.05, 0.1) is 7.11 Å². The van der Waals surface area contributed by atoms with Gasteiger partial charge in [0.1, 0.15) is 0 Å². The molecule has 0 atom stereocenters. The number of halogens is 1. The molecule has 6 heteroatoms. The number of ether oxygens (including phenoxy) is 1. The summed E-state index contributed by atoms with van der Waals surface area (Å²) in [7, 11) is 3.16. The molecule has 0 fully saturated rings. The Kier molecular flexibility index (Phi) is 9.07. The number of guanidine groups is 1. The number of benzene rings is 1. The van der Waals surface area contributed by atoms with Crippen molar-refractivity contribution in [1.82, 2.24) is 10.6 Å². The standard InChI is InChI=1S/C16H24ClN3O2/c1-18-16(19-11-5-3-4-6-15(21)22-2)20-12-13-7-9-14(17)10-8-13/h7-10H,3-6,11-12H2,1-2H3,(H2,18,19,20). The van der Waals surface area contributed by atoms with Crippen molar-refractivity contribution in [1.29, 1.82) is 0 Å². The van der Waals surface area contributed by atoms with Crippen molar-refractivity contribution in [2.45, 2.75) is 32.2 Å². The van der Waals surface area contributed by atoms with Crippen molar-refractivity contribution in [2.24, 2.45) is 4.99 Å². The molecule has 0 amide bonds. The zero-order valence-electron chi connectivity index (χ0n) is 13.2. The van der Waals surface area contributed by atoms with Gasteiger partial charge in [-0.3, -0.25) is 9.79 Å². The molecule has 0 aliphatic carbocycles. The maximum Gasteiger partial charge on any atom is 0.305 e. The maximum atomic E-state index is 11.0. The summed E-state index contributed by atoms with van der Waals surface area (Å²) in [6.07, 6.45) is 3.31. The number of esters is 1. The van der Waals surface area contributed by atoms with Gasteiger partial charge in [-0.1, -0.05) is 30.2 Å². The lowest BCUT2D eigenvalue weighted by Crippen LogP contribution is -2.37. The number of hydrogen-bond donors (Lipinski definition) is 2. The number of nitrogens with one attached hydrogen (secondary N) is 2. The van der Waals surface area contributed by atoms with Crippen molar-refractivity contribution in [3.05, 3.63) is 34.9 Å². The number of unbranched alkanes of at least 4 members (excludes halogenated alkanes) is 2. The quantitative estimate of drug-likeness (QED) is 0.334. The van der Waals surface area contributed by atoms with Crippen molar-refractivity contribution in [2.75, 3.05) is 20.7 Å². The number of carbonyl (C=O) groups is 1. The largest absolute Gasteiger partial charge is 0.469 e. The minimum Gasteiger partial charge on any atom is -0.469 e. The highest BCUT2D eigenvalue weighted by Gasteiger charge is 2.00. The second-order valence-corrected chi connectivity index (χ2v) is 5.30. The Balaban J connectivity index is 2.15. The average Bonchev–Trinajstić information content (AvgIpc) is 2.54. The van der Waals surface area contributed by atoms with Gasteiger partial charge >= 0.3 is 5.97 Å². The molecule has 0 radical (unpaired) electrons. The van der Waals surface area contributed by atoms with Crippen LogP contribution in [0.5, 0.6) is 0 Å². The van der Waals surface area contributed by atoms with Crippen LogP contribution in [0, 0.1) is 0 Å². The SMILES string of the molecule is CN=C(NCCCCCC(=O)OC)NCc1ccc(Cl)cc1. The van der Waals surface area contributed by atoms with E-state index in [1.807, 2.05) is 24.3 Å². The van der Waals surface area contributed by atoms with Crippen molar-refractivity contribution < 1.29 is 9.53 Å². The highest BCUT2D eigenvalue weighted by atomic mass is 35.5. The molecule has 1 rings (SSSR count). The first-order valence-electron chi connectivity index (χ1n) is 7.41. The van der Waals surface area contributed by atoms with Gasteiger partial charge in [-0.05, 0) is 30.5 Å². The van der Waals surface area contributed by atoms with Crippen LogP contribution in [-0.4, -0.2) is 32.6 Å². The van der Waals surface area contributed by atoms with Crippen LogP contribution >= 0.6 is 11.6 Å². The van der Waals surface area contributed by atoms with Gasteiger partial charge in [0.15, 0.2) is 5.96 Å². The van der Waals surface area contributed by atoms with Crippen LogP contribution < -0.4 is 10.6 Å². The predicted octanol–water partition coefficient (Wildman–Crippen LogP) is 2.74. The first kappa shape index (κ1) is 18.3. The molecule has 1 aromatic carbocycles. The van der Waals surface area contributed by atoms with Crippen molar-refractivity contribution in [3.63, 3.8) is 0 Å². The molecule has 0 saturated carbocycles. The van der Waals surface area contributed by atoms with Crippen LogP contribution in [0.25, 0.3) is 0 Å². The van der Waals surface area contributed by atoms with Crippen LogP contribution in [0.15, 0.2) is 29.3 Å². The second kappa shape index (κ2) is 10.9. The van der Waals surface area contributed by atoms with E-state index in [9.17, 15) is 4.79 Å². The summed E-state index contributed by atoms with van der Waals surface area (Å²) >= 11 is 5.86. The second-order valence-electron chi connectivity index (χ2n) is 4.87. The smallest absolute Gasteiger partial charge is 0.305 e. The molecule has 0 spiro atoms. The normalized spacial score (nSPS) is 11.1. The maximum absolute atomic E-state index is 11.0. The topological polar surface area (TPSA) is 62.7 Å². The monoisotopic (exact) mass is 325 g/mol. The van der Waals surface area contributed by atoms with Gasteiger partial charge in [0.25, 0.3) is 0 Å². The Hall–Kier alpha value is -1.75. The minimum atomic E-state index is -0.145. The Morgan fingerprint density at radius 1 is 1.18 bits per heavy atom. The summed E-state index contributed by atoms with van der Waals surface area (Å²) in [5.41, 5.74) is 1.14. The molecule has 22 heavy (non-hydrogen) atoms. The van der Waals surface area contributed by atoms with Crippen LogP contribution in [-0.2, 0) is 16.1 Å². The van der Waals surface area contributed by atoms with E-state index in [1.165, 1.54) is 7.11 Å². The van der Waals surface area contributed by atoms with Gasteiger partial charge in [0, 0.05) is 31.6 Å². The number of nitrogens with zero attached hydrogens (tertiary/aromatic N) is 1. The molecule has 0 heterocycles. The molecule has 0 aromatic heterocycles. The van der Waals surface area contributed by atoms with E-state index in [0.29, 0.717) is 13.0 Å². The third-order valence-corrected chi connectivity index (χ3v) is 3.43. The molecule has 0 aliphatic heterocycles. The van der Waals surface area contributed by atoms with Crippen LogP contribution in [0.4, 0.5) is 0 Å². The molecular formula is C16H24ClN3O2. The summed E-state index contributed by atoms with van der Waals surface area (Å²) in [6, 6.07) is 7.71. The summed E-state index contributed by atoms with van der Waals surface area (Å²) in [6.45, 7) is 1.51. The summed E-state index contributed by atoms with van der Waals surface area (Å²) in [5.74, 6) is 0.622. The summed E-state index contributed by atoms with van der Waals surface area (Å²) in [4.78, 5) is 15.1. The van der Waals surface area contributed by atoms with E-state index in [1.54, 1.807) is 7.05 Å². The third-order valence-electron chi connectivity index (χ3n) is 3.17.